The van der Waals surface area contributed by atoms with E-state index in [1.165, 1.54) is 0 Å². The van der Waals surface area contributed by atoms with E-state index < -0.39 is 36.8 Å². The molecule has 3 N–H and O–H groups in total. The van der Waals surface area contributed by atoms with Crippen LogP contribution in [0.15, 0.2) is 54.6 Å². The largest absolute Gasteiger partial charge is 0.462 e. The van der Waals surface area contributed by atoms with Crippen molar-refractivity contribution in [3.63, 3.8) is 0 Å². The maximum Gasteiger partial charge on any atom is 0.229 e. The van der Waals surface area contributed by atoms with Crippen LogP contribution in [0.25, 0.3) is 11.1 Å². The molecule has 2 aromatic carbocycles. The fraction of sp³-hybridized carbons (Fsp3) is 0.368. The van der Waals surface area contributed by atoms with Gasteiger partial charge in [0.05, 0.1) is 6.61 Å². The predicted molar refractivity (Wildman–Crippen MR) is 88.9 cm³/mol. The van der Waals surface area contributed by atoms with Crippen LogP contribution in [-0.2, 0) is 9.47 Å². The average Bonchev–Trinajstić information content (AvgIpc) is 3.02. The predicted octanol–water partition coefficient (Wildman–Crippen LogP) is 0.939. The smallest absolute Gasteiger partial charge is 0.229 e. The Bertz CT molecular complexity index is 704. The number of rotatable bonds is 3. The lowest BCUT2D eigenvalue weighted by molar-refractivity contribution is -0.267. The van der Waals surface area contributed by atoms with Crippen molar-refractivity contribution in [2.75, 3.05) is 6.61 Å². The highest BCUT2D eigenvalue weighted by molar-refractivity contribution is 5.63. The molecule has 0 bridgehead atoms. The zero-order chi connectivity index (χ0) is 17.4. The molecule has 6 atom stereocenters. The van der Waals surface area contributed by atoms with Gasteiger partial charge in [0.1, 0.15) is 36.3 Å². The Kier molecular flexibility index (Phi) is 4.45. The first-order valence-corrected chi connectivity index (χ1v) is 8.27. The molecule has 2 aliphatic heterocycles. The van der Waals surface area contributed by atoms with Gasteiger partial charge >= 0.3 is 0 Å². The number of aliphatic hydroxyl groups is 3. The van der Waals surface area contributed by atoms with E-state index in [2.05, 4.69) is 0 Å². The maximum atomic E-state index is 10.2. The third kappa shape index (κ3) is 3.15. The van der Waals surface area contributed by atoms with Crippen molar-refractivity contribution in [2.45, 2.75) is 36.8 Å². The monoisotopic (exact) mass is 344 g/mol. The maximum absolute atomic E-state index is 10.2. The molecule has 2 aliphatic rings. The van der Waals surface area contributed by atoms with Gasteiger partial charge in [-0.15, -0.1) is 0 Å². The van der Waals surface area contributed by atoms with Crippen molar-refractivity contribution in [2.24, 2.45) is 0 Å². The number of fused-ring (bicyclic) bond motifs is 1. The quantitative estimate of drug-likeness (QED) is 0.768. The number of aliphatic hydroxyl groups excluding tert-OH is 3. The fourth-order valence-corrected chi connectivity index (χ4v) is 3.26. The van der Waals surface area contributed by atoms with Crippen LogP contribution in [0.3, 0.4) is 0 Å². The lowest BCUT2D eigenvalue weighted by Crippen LogP contribution is -2.59. The van der Waals surface area contributed by atoms with Gasteiger partial charge in [0, 0.05) is 0 Å². The molecule has 6 nitrogen and oxygen atoms in total. The molecule has 132 valence electrons. The fourth-order valence-electron chi connectivity index (χ4n) is 3.26. The van der Waals surface area contributed by atoms with Crippen molar-refractivity contribution in [1.82, 2.24) is 0 Å². The van der Waals surface area contributed by atoms with Crippen molar-refractivity contribution in [3.8, 4) is 16.9 Å². The summed E-state index contributed by atoms with van der Waals surface area (Å²) in [5.74, 6) is 0.503. The van der Waals surface area contributed by atoms with Crippen LogP contribution in [0.5, 0.6) is 5.75 Å². The molecule has 0 amide bonds. The van der Waals surface area contributed by atoms with Gasteiger partial charge < -0.3 is 29.5 Å². The number of ether oxygens (including phenoxy) is 3. The highest BCUT2D eigenvalue weighted by Crippen LogP contribution is 2.32. The van der Waals surface area contributed by atoms with Crippen LogP contribution >= 0.6 is 0 Å². The molecule has 0 aliphatic carbocycles. The molecule has 0 aromatic heterocycles. The van der Waals surface area contributed by atoms with Gasteiger partial charge in [0.25, 0.3) is 0 Å². The molecule has 5 unspecified atom stereocenters. The minimum absolute atomic E-state index is 0.0671. The molecule has 25 heavy (non-hydrogen) atoms. The van der Waals surface area contributed by atoms with Crippen LogP contribution in [0.2, 0.25) is 0 Å². The van der Waals surface area contributed by atoms with Crippen LogP contribution in [0, 0.1) is 0 Å². The summed E-state index contributed by atoms with van der Waals surface area (Å²) in [6.07, 6.45) is -5.82. The highest BCUT2D eigenvalue weighted by atomic mass is 16.7. The minimum atomic E-state index is -1.26. The molecule has 0 saturated carbocycles. The van der Waals surface area contributed by atoms with E-state index in [0.29, 0.717) is 5.75 Å². The van der Waals surface area contributed by atoms with Gasteiger partial charge in [-0.3, -0.25) is 0 Å². The van der Waals surface area contributed by atoms with E-state index >= 15 is 0 Å². The second-order valence-corrected chi connectivity index (χ2v) is 6.32. The summed E-state index contributed by atoms with van der Waals surface area (Å²) in [6, 6.07) is 17.3. The van der Waals surface area contributed by atoms with Gasteiger partial charge in [-0.1, -0.05) is 42.5 Å². The summed E-state index contributed by atoms with van der Waals surface area (Å²) >= 11 is 0. The molecule has 6 heteroatoms. The van der Waals surface area contributed by atoms with E-state index in [4.69, 9.17) is 14.2 Å². The standard InChI is InChI=1S/C19H20O6/c20-14-10-23-18-15(21)16(22)19(25-17(14)18)24-13-8-6-12(7-9-13)11-4-2-1-3-5-11/h1-9,14-22H,10H2/t14?,15?,16-,17?,18?,19?/m0/s1. The SMILES string of the molecule is OC1COC2C1OC(Oc1ccc(-c3ccccc3)cc1)[C@@H](O)C2O. The van der Waals surface area contributed by atoms with E-state index in [1.54, 1.807) is 12.1 Å². The van der Waals surface area contributed by atoms with Crippen molar-refractivity contribution < 1.29 is 29.5 Å². The van der Waals surface area contributed by atoms with E-state index in [0.717, 1.165) is 11.1 Å². The third-order valence-corrected chi connectivity index (χ3v) is 4.63. The second-order valence-electron chi connectivity index (χ2n) is 6.32. The first kappa shape index (κ1) is 16.5. The van der Waals surface area contributed by atoms with Crippen molar-refractivity contribution in [3.05, 3.63) is 54.6 Å². The summed E-state index contributed by atoms with van der Waals surface area (Å²) in [5.41, 5.74) is 2.13. The lowest BCUT2D eigenvalue weighted by atomic mass is 9.98. The first-order chi connectivity index (χ1) is 12.1. The summed E-state index contributed by atoms with van der Waals surface area (Å²) < 4.78 is 16.6. The Labute approximate surface area is 145 Å². The van der Waals surface area contributed by atoms with E-state index in [1.807, 2.05) is 42.5 Å². The Hall–Kier alpha value is -1.96. The Balaban J connectivity index is 1.48. The molecule has 2 aromatic rings. The third-order valence-electron chi connectivity index (χ3n) is 4.63. The average molecular weight is 344 g/mol. The van der Waals surface area contributed by atoms with Crippen LogP contribution in [-0.4, -0.2) is 58.7 Å². The minimum Gasteiger partial charge on any atom is -0.462 e. The molecule has 2 heterocycles. The Morgan fingerprint density at radius 1 is 0.800 bits per heavy atom. The Morgan fingerprint density at radius 2 is 1.48 bits per heavy atom. The first-order valence-electron chi connectivity index (χ1n) is 8.27. The summed E-state index contributed by atoms with van der Waals surface area (Å²) in [5, 5.41) is 30.2. The van der Waals surface area contributed by atoms with Gasteiger partial charge in [-0.05, 0) is 23.3 Å². The molecular weight excluding hydrogens is 324 g/mol. The Morgan fingerprint density at radius 3 is 2.20 bits per heavy atom. The van der Waals surface area contributed by atoms with E-state index in [-0.39, 0.29) is 6.61 Å². The van der Waals surface area contributed by atoms with Crippen molar-refractivity contribution in [1.29, 1.82) is 0 Å². The molecule has 0 spiro atoms. The van der Waals surface area contributed by atoms with Crippen LogP contribution < -0.4 is 4.74 Å². The molecule has 0 radical (unpaired) electrons. The summed E-state index contributed by atoms with van der Waals surface area (Å²) in [4.78, 5) is 0. The van der Waals surface area contributed by atoms with Gasteiger partial charge in [-0.25, -0.2) is 0 Å². The topological polar surface area (TPSA) is 88.4 Å². The lowest BCUT2D eigenvalue weighted by Gasteiger charge is -2.39. The second kappa shape index (κ2) is 6.74. The van der Waals surface area contributed by atoms with Gasteiger partial charge in [-0.2, -0.15) is 0 Å². The molecule has 2 fully saturated rings. The zero-order valence-corrected chi connectivity index (χ0v) is 13.4. The van der Waals surface area contributed by atoms with Gasteiger partial charge in [0.15, 0.2) is 0 Å². The number of hydrogen-bond donors (Lipinski definition) is 3. The van der Waals surface area contributed by atoms with E-state index in [9.17, 15) is 15.3 Å². The normalized spacial score (nSPS) is 34.5. The number of hydrogen-bond acceptors (Lipinski definition) is 6. The summed E-state index contributed by atoms with van der Waals surface area (Å²) in [7, 11) is 0. The zero-order valence-electron chi connectivity index (χ0n) is 13.4. The highest BCUT2D eigenvalue weighted by Gasteiger charge is 2.52. The molecular formula is C19H20O6. The number of benzene rings is 2. The van der Waals surface area contributed by atoms with Crippen LogP contribution in [0.4, 0.5) is 0 Å². The van der Waals surface area contributed by atoms with Crippen LogP contribution in [0.1, 0.15) is 0 Å². The summed E-state index contributed by atoms with van der Waals surface area (Å²) in [6.45, 7) is 0.0671. The molecule has 4 rings (SSSR count). The molecule has 2 saturated heterocycles. The van der Waals surface area contributed by atoms with Crippen molar-refractivity contribution >= 4 is 0 Å². The van der Waals surface area contributed by atoms with Gasteiger partial charge in [0.2, 0.25) is 6.29 Å².